The molecule has 26 heavy (non-hydrogen) atoms. The number of fused-ring (bicyclic) bond motifs is 1. The van der Waals surface area contributed by atoms with Crippen LogP contribution in [-0.2, 0) is 18.3 Å². The van der Waals surface area contributed by atoms with Gasteiger partial charge in [0.15, 0.2) is 0 Å². The first-order valence-electron chi connectivity index (χ1n) is 9.56. The van der Waals surface area contributed by atoms with E-state index in [1.807, 2.05) is 12.4 Å². The predicted molar refractivity (Wildman–Crippen MR) is 105 cm³/mol. The summed E-state index contributed by atoms with van der Waals surface area (Å²) in [6.45, 7) is 4.62. The second-order valence-electron chi connectivity index (χ2n) is 7.87. The Morgan fingerprint density at radius 1 is 0.962 bits per heavy atom. The third kappa shape index (κ3) is 2.40. The van der Waals surface area contributed by atoms with Gasteiger partial charge in [0, 0.05) is 36.9 Å². The van der Waals surface area contributed by atoms with Gasteiger partial charge in [-0.25, -0.2) is 0 Å². The van der Waals surface area contributed by atoms with Crippen LogP contribution in [0.3, 0.4) is 0 Å². The number of hydrogen-bond donors (Lipinski definition) is 0. The highest BCUT2D eigenvalue weighted by Crippen LogP contribution is 2.49. The van der Waals surface area contributed by atoms with Crippen molar-refractivity contribution in [1.82, 2.24) is 9.88 Å². The van der Waals surface area contributed by atoms with Gasteiger partial charge in [0.2, 0.25) is 0 Å². The van der Waals surface area contributed by atoms with E-state index >= 15 is 0 Å². The standard InChI is InChI=1S/C24H24N2/c1-24-17-26(15-12-18-10-13-25-14-11-18)23(20-7-3-5-9-22(20)24)16-19-6-2-4-8-21(19)24/h2-11,13-14,23H,12,15-17H2,1H3. The molecule has 0 amide bonds. The molecule has 6 rings (SSSR count). The number of pyridine rings is 1. The maximum Gasteiger partial charge on any atom is 0.0392 e. The zero-order chi connectivity index (χ0) is 17.6. The summed E-state index contributed by atoms with van der Waals surface area (Å²) in [6.07, 6.45) is 5.99. The summed E-state index contributed by atoms with van der Waals surface area (Å²) in [4.78, 5) is 6.86. The molecule has 2 heteroatoms. The number of rotatable bonds is 3. The highest BCUT2D eigenvalue weighted by molar-refractivity contribution is 5.53. The van der Waals surface area contributed by atoms with Crippen molar-refractivity contribution >= 4 is 0 Å². The minimum absolute atomic E-state index is 0.0679. The van der Waals surface area contributed by atoms with Gasteiger partial charge in [-0.1, -0.05) is 55.5 Å². The lowest BCUT2D eigenvalue weighted by Crippen LogP contribution is -2.46. The zero-order valence-electron chi connectivity index (χ0n) is 15.2. The van der Waals surface area contributed by atoms with Crippen LogP contribution in [-0.4, -0.2) is 23.0 Å². The third-order valence-electron chi connectivity index (χ3n) is 6.34. The Morgan fingerprint density at radius 2 is 1.69 bits per heavy atom. The first-order chi connectivity index (χ1) is 12.8. The normalized spacial score (nSPS) is 24.0. The van der Waals surface area contributed by atoms with Gasteiger partial charge in [-0.05, 0) is 52.8 Å². The summed E-state index contributed by atoms with van der Waals surface area (Å²) >= 11 is 0. The SMILES string of the molecule is CC12CN(CCc3ccncc3)C(Cc3ccccc31)c1ccccc12. The highest BCUT2D eigenvalue weighted by atomic mass is 15.2. The smallest absolute Gasteiger partial charge is 0.0392 e. The summed E-state index contributed by atoms with van der Waals surface area (Å²) in [5.41, 5.74) is 7.51. The molecule has 0 saturated heterocycles. The highest BCUT2D eigenvalue weighted by Gasteiger charge is 2.45. The Kier molecular flexibility index (Phi) is 3.68. The first kappa shape index (κ1) is 15.8. The molecule has 0 N–H and O–H groups in total. The fraction of sp³-hybridized carbons (Fsp3) is 0.292. The van der Waals surface area contributed by atoms with Gasteiger partial charge >= 0.3 is 0 Å². The molecule has 2 atom stereocenters. The second kappa shape index (κ2) is 6.07. The fourth-order valence-corrected chi connectivity index (χ4v) is 5.06. The number of benzene rings is 2. The minimum Gasteiger partial charge on any atom is -0.294 e. The average molecular weight is 340 g/mol. The molecule has 3 aromatic rings. The molecule has 3 heterocycles. The number of aromatic nitrogens is 1. The Morgan fingerprint density at radius 3 is 2.54 bits per heavy atom. The van der Waals surface area contributed by atoms with Gasteiger partial charge in [-0.3, -0.25) is 9.88 Å². The Bertz CT molecular complexity index is 934. The molecule has 0 saturated carbocycles. The molecule has 0 fully saturated rings. The first-order valence-corrected chi connectivity index (χ1v) is 9.56. The van der Waals surface area contributed by atoms with Gasteiger partial charge in [0.05, 0.1) is 0 Å². The van der Waals surface area contributed by atoms with Crippen LogP contribution in [0, 0.1) is 0 Å². The predicted octanol–water partition coefficient (Wildman–Crippen LogP) is 4.54. The van der Waals surface area contributed by atoms with Gasteiger partial charge in [-0.2, -0.15) is 0 Å². The van der Waals surface area contributed by atoms with Crippen molar-refractivity contribution in [2.24, 2.45) is 0 Å². The molecule has 3 aliphatic rings. The lowest BCUT2D eigenvalue weighted by molar-refractivity contribution is 0.158. The Hall–Kier alpha value is -2.45. The van der Waals surface area contributed by atoms with Gasteiger partial charge in [0.1, 0.15) is 0 Å². The van der Waals surface area contributed by atoms with E-state index in [0.717, 1.165) is 25.9 Å². The third-order valence-corrected chi connectivity index (χ3v) is 6.34. The van der Waals surface area contributed by atoms with Crippen LogP contribution >= 0.6 is 0 Å². The Labute approximate surface area is 155 Å². The molecule has 2 nitrogen and oxygen atoms in total. The summed E-state index contributed by atoms with van der Waals surface area (Å²) in [5, 5.41) is 0. The van der Waals surface area contributed by atoms with Crippen molar-refractivity contribution in [3.8, 4) is 0 Å². The monoisotopic (exact) mass is 340 g/mol. The summed E-state index contributed by atoms with van der Waals surface area (Å²) < 4.78 is 0. The van der Waals surface area contributed by atoms with Gasteiger partial charge < -0.3 is 0 Å². The van der Waals surface area contributed by atoms with Crippen molar-refractivity contribution < 1.29 is 0 Å². The van der Waals surface area contributed by atoms with Crippen molar-refractivity contribution in [1.29, 1.82) is 0 Å². The number of nitrogens with zero attached hydrogens (tertiary/aromatic N) is 2. The van der Waals surface area contributed by atoms with E-state index in [2.05, 4.69) is 77.5 Å². The topological polar surface area (TPSA) is 16.1 Å². The van der Waals surface area contributed by atoms with Crippen LogP contribution in [0.1, 0.15) is 40.8 Å². The summed E-state index contributed by atoms with van der Waals surface area (Å²) in [7, 11) is 0. The molecule has 2 aromatic carbocycles. The van der Waals surface area contributed by atoms with Crippen LogP contribution in [0.5, 0.6) is 0 Å². The molecular weight excluding hydrogens is 316 g/mol. The van der Waals surface area contributed by atoms with E-state index in [4.69, 9.17) is 0 Å². The molecule has 2 unspecified atom stereocenters. The summed E-state index contributed by atoms with van der Waals surface area (Å²) in [6, 6.07) is 22.9. The van der Waals surface area contributed by atoms with Crippen molar-refractivity contribution in [2.45, 2.75) is 31.2 Å². The van der Waals surface area contributed by atoms with Crippen molar-refractivity contribution in [2.75, 3.05) is 13.1 Å². The van der Waals surface area contributed by atoms with Gasteiger partial charge in [-0.15, -0.1) is 0 Å². The molecule has 1 aliphatic carbocycles. The largest absolute Gasteiger partial charge is 0.294 e. The van der Waals surface area contributed by atoms with Crippen LogP contribution in [0.25, 0.3) is 0 Å². The van der Waals surface area contributed by atoms with Crippen LogP contribution in [0.4, 0.5) is 0 Å². The maximum atomic E-state index is 4.15. The lowest BCUT2D eigenvalue weighted by atomic mass is 9.72. The summed E-state index contributed by atoms with van der Waals surface area (Å²) in [5.74, 6) is 0. The van der Waals surface area contributed by atoms with E-state index in [0.29, 0.717) is 6.04 Å². The molecule has 0 radical (unpaired) electrons. The van der Waals surface area contributed by atoms with Crippen molar-refractivity contribution in [3.05, 3.63) is 101 Å². The maximum absolute atomic E-state index is 4.15. The van der Waals surface area contributed by atoms with E-state index in [-0.39, 0.29) is 5.41 Å². The fourth-order valence-electron chi connectivity index (χ4n) is 5.06. The molecule has 2 aliphatic heterocycles. The molecule has 1 aromatic heterocycles. The lowest BCUT2D eigenvalue weighted by Gasteiger charge is -2.44. The van der Waals surface area contributed by atoms with E-state index in [1.54, 1.807) is 0 Å². The van der Waals surface area contributed by atoms with Crippen LogP contribution in [0.2, 0.25) is 0 Å². The second-order valence-corrected chi connectivity index (χ2v) is 7.87. The van der Waals surface area contributed by atoms with E-state index < -0.39 is 0 Å². The van der Waals surface area contributed by atoms with E-state index in [9.17, 15) is 0 Å². The zero-order valence-corrected chi connectivity index (χ0v) is 15.2. The Balaban J connectivity index is 1.56. The van der Waals surface area contributed by atoms with E-state index in [1.165, 1.54) is 27.8 Å². The molecule has 2 bridgehead atoms. The minimum atomic E-state index is 0.0679. The number of hydrogen-bond acceptors (Lipinski definition) is 2. The van der Waals surface area contributed by atoms with Crippen LogP contribution in [0.15, 0.2) is 73.1 Å². The van der Waals surface area contributed by atoms with Gasteiger partial charge in [0.25, 0.3) is 0 Å². The molecular formula is C24H24N2. The van der Waals surface area contributed by atoms with Crippen molar-refractivity contribution in [3.63, 3.8) is 0 Å². The molecule has 0 spiro atoms. The molecule has 130 valence electrons. The van der Waals surface area contributed by atoms with Crippen LogP contribution < -0.4 is 0 Å². The average Bonchev–Trinajstić information content (AvgIpc) is 2.89. The quantitative estimate of drug-likeness (QED) is 0.696.